The number of carboxylic acids is 1. The molecule has 0 radical (unpaired) electrons. The summed E-state index contributed by atoms with van der Waals surface area (Å²) in [5, 5.41) is 25.0. The van der Waals surface area contributed by atoms with Crippen molar-refractivity contribution in [3.05, 3.63) is 70.4 Å². The number of aromatic nitrogens is 2. The number of nitro benzene ring substituents is 1. The van der Waals surface area contributed by atoms with Crippen LogP contribution in [0.2, 0.25) is 0 Å². The molecule has 32 heavy (non-hydrogen) atoms. The lowest BCUT2D eigenvalue weighted by Gasteiger charge is -2.26. The molecule has 1 saturated heterocycles. The molecule has 1 fully saturated rings. The summed E-state index contributed by atoms with van der Waals surface area (Å²) in [6, 6.07) is 13.4. The van der Waals surface area contributed by atoms with Crippen molar-refractivity contribution in [2.75, 3.05) is 39.5 Å². The Bertz CT molecular complexity index is 1110. The van der Waals surface area contributed by atoms with Crippen LogP contribution >= 0.6 is 0 Å². The largest absolute Gasteiger partial charge is 0.477 e. The Morgan fingerprint density at radius 2 is 1.88 bits per heavy atom. The second-order valence-corrected chi connectivity index (χ2v) is 7.20. The number of nitro groups is 1. The van der Waals surface area contributed by atoms with Gasteiger partial charge in [0.05, 0.1) is 35.6 Å². The molecule has 1 aliphatic rings. The van der Waals surface area contributed by atoms with E-state index in [1.807, 2.05) is 0 Å². The molecule has 0 atom stereocenters. The summed E-state index contributed by atoms with van der Waals surface area (Å²) in [5.74, 6) is -0.988. The monoisotopic (exact) mass is 438 g/mol. The quantitative estimate of drug-likeness (QED) is 0.421. The summed E-state index contributed by atoms with van der Waals surface area (Å²) in [6.07, 6.45) is 1.25. The lowest BCUT2D eigenvalue weighted by atomic mass is 10.0. The topological polar surface area (TPSA) is 120 Å². The van der Waals surface area contributed by atoms with E-state index in [0.717, 1.165) is 13.1 Å². The second-order valence-electron chi connectivity index (χ2n) is 7.20. The fraction of sp³-hybridized carbons (Fsp3) is 0.273. The van der Waals surface area contributed by atoms with Gasteiger partial charge in [0.2, 0.25) is 5.88 Å². The van der Waals surface area contributed by atoms with Crippen LogP contribution in [0.1, 0.15) is 10.4 Å². The van der Waals surface area contributed by atoms with Gasteiger partial charge in [-0.05, 0) is 23.8 Å². The van der Waals surface area contributed by atoms with Gasteiger partial charge in [-0.15, -0.1) is 0 Å². The second kappa shape index (κ2) is 9.58. The first-order valence-electron chi connectivity index (χ1n) is 10.1. The van der Waals surface area contributed by atoms with Gasteiger partial charge >= 0.3 is 5.97 Å². The van der Waals surface area contributed by atoms with Crippen molar-refractivity contribution in [1.82, 2.24) is 14.7 Å². The van der Waals surface area contributed by atoms with Crippen LogP contribution in [0.5, 0.6) is 5.88 Å². The fourth-order valence-corrected chi connectivity index (χ4v) is 3.56. The van der Waals surface area contributed by atoms with Gasteiger partial charge in [-0.1, -0.05) is 24.3 Å². The van der Waals surface area contributed by atoms with Gasteiger partial charge in [-0.25, -0.2) is 9.48 Å². The third kappa shape index (κ3) is 4.61. The Labute approximate surface area is 183 Å². The SMILES string of the molecule is O=C(O)c1cnn(-c2ccc(-c3ccccc3[N+](=O)[O-])cc2)c1OCCN1CCOCC1. The zero-order chi connectivity index (χ0) is 22.5. The number of nitrogens with zero attached hydrogens (tertiary/aromatic N) is 4. The van der Waals surface area contributed by atoms with E-state index in [4.69, 9.17) is 9.47 Å². The molecule has 4 rings (SSSR count). The van der Waals surface area contributed by atoms with E-state index in [9.17, 15) is 20.0 Å². The zero-order valence-electron chi connectivity index (χ0n) is 17.2. The van der Waals surface area contributed by atoms with Crippen molar-refractivity contribution in [2.45, 2.75) is 0 Å². The van der Waals surface area contributed by atoms with Crippen LogP contribution in [0.15, 0.2) is 54.7 Å². The van der Waals surface area contributed by atoms with E-state index in [1.165, 1.54) is 16.9 Å². The molecule has 0 bridgehead atoms. The first-order chi connectivity index (χ1) is 15.5. The molecule has 3 aromatic rings. The van der Waals surface area contributed by atoms with Crippen molar-refractivity contribution in [3.63, 3.8) is 0 Å². The molecule has 166 valence electrons. The van der Waals surface area contributed by atoms with Crippen LogP contribution in [0, 0.1) is 10.1 Å². The number of carbonyl (C=O) groups is 1. The maximum atomic E-state index is 11.6. The molecule has 10 nitrogen and oxygen atoms in total. The minimum Gasteiger partial charge on any atom is -0.477 e. The van der Waals surface area contributed by atoms with Gasteiger partial charge in [0.1, 0.15) is 12.2 Å². The van der Waals surface area contributed by atoms with Gasteiger partial charge in [0, 0.05) is 25.7 Å². The molecule has 0 aliphatic carbocycles. The summed E-state index contributed by atoms with van der Waals surface area (Å²) >= 11 is 0. The third-order valence-corrected chi connectivity index (χ3v) is 5.23. The van der Waals surface area contributed by atoms with Crippen molar-refractivity contribution in [2.24, 2.45) is 0 Å². The first-order valence-corrected chi connectivity index (χ1v) is 10.1. The fourth-order valence-electron chi connectivity index (χ4n) is 3.56. The molecule has 1 N–H and O–H groups in total. The standard InChI is InChI=1S/C22H22N4O6/c27-22(28)19-15-23-25(21(19)32-14-11-24-9-12-31-13-10-24)17-7-5-16(6-8-17)18-3-1-2-4-20(18)26(29)30/h1-8,15H,9-14H2,(H,27,28). The van der Waals surface area contributed by atoms with Crippen LogP contribution in [0.25, 0.3) is 16.8 Å². The molecule has 0 saturated carbocycles. The van der Waals surface area contributed by atoms with E-state index in [-0.39, 0.29) is 17.1 Å². The Morgan fingerprint density at radius 1 is 1.16 bits per heavy atom. The molecule has 1 aromatic heterocycles. The summed E-state index contributed by atoms with van der Waals surface area (Å²) in [4.78, 5) is 24.7. The molecule has 1 aliphatic heterocycles. The third-order valence-electron chi connectivity index (χ3n) is 5.23. The lowest BCUT2D eigenvalue weighted by molar-refractivity contribution is -0.384. The maximum Gasteiger partial charge on any atom is 0.342 e. The molecule has 2 heterocycles. The predicted octanol–water partition coefficient (Wildman–Crippen LogP) is 2.86. The Balaban J connectivity index is 1.57. The minimum absolute atomic E-state index is 0.0136. The number of rotatable bonds is 8. The van der Waals surface area contributed by atoms with Gasteiger partial charge < -0.3 is 14.6 Å². The maximum absolute atomic E-state index is 11.6. The molecule has 0 spiro atoms. The molecular weight excluding hydrogens is 416 g/mol. The zero-order valence-corrected chi connectivity index (χ0v) is 17.2. The number of hydrogen-bond donors (Lipinski definition) is 1. The highest BCUT2D eigenvalue weighted by Gasteiger charge is 2.21. The smallest absolute Gasteiger partial charge is 0.342 e. The highest BCUT2D eigenvalue weighted by molar-refractivity contribution is 5.90. The lowest BCUT2D eigenvalue weighted by Crippen LogP contribution is -2.38. The molecule has 10 heteroatoms. The molecule has 2 aromatic carbocycles. The Kier molecular flexibility index (Phi) is 6.43. The van der Waals surface area contributed by atoms with Crippen LogP contribution in [-0.4, -0.2) is 70.1 Å². The van der Waals surface area contributed by atoms with Gasteiger partial charge in [0.15, 0.2) is 0 Å². The minimum atomic E-state index is -1.13. The van der Waals surface area contributed by atoms with Gasteiger partial charge in [0.25, 0.3) is 5.69 Å². The first kappa shape index (κ1) is 21.5. The Morgan fingerprint density at radius 3 is 2.56 bits per heavy atom. The van der Waals surface area contributed by atoms with Crippen molar-refractivity contribution in [3.8, 4) is 22.7 Å². The highest BCUT2D eigenvalue weighted by atomic mass is 16.6. The number of aromatic carboxylic acids is 1. The van der Waals surface area contributed by atoms with Gasteiger partial charge in [-0.3, -0.25) is 15.0 Å². The van der Waals surface area contributed by atoms with Crippen molar-refractivity contribution in [1.29, 1.82) is 0 Å². The number of hydrogen-bond acceptors (Lipinski definition) is 7. The van der Waals surface area contributed by atoms with Crippen LogP contribution < -0.4 is 4.74 Å². The summed E-state index contributed by atoms with van der Waals surface area (Å²) in [5.41, 5.74) is 1.73. The summed E-state index contributed by atoms with van der Waals surface area (Å²) in [6.45, 7) is 3.90. The molecular formula is C22H22N4O6. The van der Waals surface area contributed by atoms with E-state index in [0.29, 0.717) is 43.2 Å². The molecule has 0 unspecified atom stereocenters. The number of ether oxygens (including phenoxy) is 2. The predicted molar refractivity (Wildman–Crippen MR) is 115 cm³/mol. The van der Waals surface area contributed by atoms with Crippen LogP contribution in [0.4, 0.5) is 5.69 Å². The molecule has 0 amide bonds. The van der Waals surface area contributed by atoms with Crippen LogP contribution in [0.3, 0.4) is 0 Å². The number of para-hydroxylation sites is 1. The number of carboxylic acid groups (broad SMARTS) is 1. The summed E-state index contributed by atoms with van der Waals surface area (Å²) in [7, 11) is 0. The number of morpholine rings is 1. The van der Waals surface area contributed by atoms with Crippen molar-refractivity contribution < 1.29 is 24.3 Å². The number of benzene rings is 2. The average Bonchev–Trinajstić information content (AvgIpc) is 3.24. The normalized spacial score (nSPS) is 14.2. The Hall–Kier alpha value is -3.76. The highest BCUT2D eigenvalue weighted by Crippen LogP contribution is 2.31. The average molecular weight is 438 g/mol. The van der Waals surface area contributed by atoms with E-state index in [1.54, 1.807) is 42.5 Å². The van der Waals surface area contributed by atoms with E-state index >= 15 is 0 Å². The van der Waals surface area contributed by atoms with Gasteiger partial charge in [-0.2, -0.15) is 5.10 Å². The van der Waals surface area contributed by atoms with E-state index < -0.39 is 10.9 Å². The summed E-state index contributed by atoms with van der Waals surface area (Å²) < 4.78 is 12.6. The van der Waals surface area contributed by atoms with Crippen molar-refractivity contribution >= 4 is 11.7 Å². The van der Waals surface area contributed by atoms with Crippen LogP contribution in [-0.2, 0) is 4.74 Å². The van der Waals surface area contributed by atoms with E-state index in [2.05, 4.69) is 10.00 Å².